The van der Waals surface area contributed by atoms with Gasteiger partial charge in [0, 0.05) is 22.9 Å². The highest BCUT2D eigenvalue weighted by atomic mass is 16.3. The Balaban J connectivity index is 1.99. The Morgan fingerprint density at radius 2 is 1.73 bits per heavy atom. The summed E-state index contributed by atoms with van der Waals surface area (Å²) in [5, 5.41) is 2.36. The number of hydrogen-bond donors (Lipinski definition) is 0. The highest BCUT2D eigenvalue weighted by molar-refractivity contribution is 6.09. The molecule has 132 valence electrons. The maximum absolute atomic E-state index is 6.30. The highest BCUT2D eigenvalue weighted by Gasteiger charge is 2.22. The number of para-hydroxylation sites is 1. The van der Waals surface area contributed by atoms with Gasteiger partial charge in [0.25, 0.3) is 0 Å². The van der Waals surface area contributed by atoms with Crippen molar-refractivity contribution in [3.63, 3.8) is 0 Å². The summed E-state index contributed by atoms with van der Waals surface area (Å²) in [6.07, 6.45) is 3.22. The van der Waals surface area contributed by atoms with Crippen molar-refractivity contribution in [3.8, 4) is 11.3 Å². The van der Waals surface area contributed by atoms with Crippen LogP contribution in [0.3, 0.4) is 0 Å². The SMILES string of the molecule is Cc1ccc2c(oc3ccccc32)c1-c1cc(CC(C)(C)C)cc[n+]1C. The molecule has 4 aromatic rings. The van der Waals surface area contributed by atoms with Crippen molar-refractivity contribution >= 4 is 21.9 Å². The van der Waals surface area contributed by atoms with Crippen LogP contribution in [-0.4, -0.2) is 0 Å². The van der Waals surface area contributed by atoms with Gasteiger partial charge in [-0.05, 0) is 36.0 Å². The number of aromatic nitrogens is 1. The van der Waals surface area contributed by atoms with Crippen LogP contribution < -0.4 is 4.57 Å². The second-order valence-electron chi connectivity index (χ2n) is 8.50. The van der Waals surface area contributed by atoms with Gasteiger partial charge in [-0.25, -0.2) is 4.57 Å². The van der Waals surface area contributed by atoms with E-state index in [-0.39, 0.29) is 5.41 Å². The third-order valence-electron chi connectivity index (χ3n) is 4.96. The van der Waals surface area contributed by atoms with Gasteiger partial charge in [0.1, 0.15) is 18.2 Å². The summed E-state index contributed by atoms with van der Waals surface area (Å²) < 4.78 is 8.50. The molecule has 0 radical (unpaired) electrons. The predicted molar refractivity (Wildman–Crippen MR) is 108 cm³/mol. The molecule has 2 aromatic carbocycles. The van der Waals surface area contributed by atoms with Gasteiger partial charge in [0.15, 0.2) is 6.20 Å². The molecule has 0 amide bonds. The molecule has 0 saturated heterocycles. The molecule has 2 nitrogen and oxygen atoms in total. The van der Waals surface area contributed by atoms with Crippen LogP contribution in [0.1, 0.15) is 31.9 Å². The normalized spacial score (nSPS) is 12.2. The van der Waals surface area contributed by atoms with E-state index in [1.807, 2.05) is 12.1 Å². The first-order valence-electron chi connectivity index (χ1n) is 9.23. The van der Waals surface area contributed by atoms with Crippen molar-refractivity contribution in [2.45, 2.75) is 34.1 Å². The zero-order chi connectivity index (χ0) is 18.5. The smallest absolute Gasteiger partial charge is 0.216 e. The molecule has 0 aliphatic rings. The Bertz CT molecular complexity index is 1110. The lowest BCUT2D eigenvalue weighted by Gasteiger charge is -2.18. The van der Waals surface area contributed by atoms with E-state index in [0.717, 1.165) is 17.6 Å². The molecule has 2 heteroatoms. The van der Waals surface area contributed by atoms with E-state index in [1.54, 1.807) is 0 Å². The molecule has 0 aliphatic carbocycles. The summed E-state index contributed by atoms with van der Waals surface area (Å²) in [5.74, 6) is 0. The molecule has 0 unspecified atom stereocenters. The second-order valence-corrected chi connectivity index (χ2v) is 8.50. The maximum atomic E-state index is 6.30. The predicted octanol–water partition coefficient (Wildman–Crippen LogP) is 5.97. The number of pyridine rings is 1. The lowest BCUT2D eigenvalue weighted by atomic mass is 9.88. The largest absolute Gasteiger partial charge is 0.455 e. The molecule has 26 heavy (non-hydrogen) atoms. The van der Waals surface area contributed by atoms with Crippen molar-refractivity contribution in [1.82, 2.24) is 0 Å². The molecule has 0 saturated carbocycles. The summed E-state index contributed by atoms with van der Waals surface area (Å²) in [6.45, 7) is 9.01. The van der Waals surface area contributed by atoms with E-state index in [1.165, 1.54) is 33.2 Å². The van der Waals surface area contributed by atoms with E-state index in [4.69, 9.17) is 4.42 Å². The van der Waals surface area contributed by atoms with Gasteiger partial charge in [-0.15, -0.1) is 0 Å². The van der Waals surface area contributed by atoms with Crippen LogP contribution in [0.15, 0.2) is 59.1 Å². The third kappa shape index (κ3) is 2.90. The molecule has 0 N–H and O–H groups in total. The monoisotopic (exact) mass is 344 g/mol. The summed E-state index contributed by atoms with van der Waals surface area (Å²) in [6, 6.07) is 17.2. The fourth-order valence-electron chi connectivity index (χ4n) is 3.79. The van der Waals surface area contributed by atoms with E-state index >= 15 is 0 Å². The molecule has 0 atom stereocenters. The molecule has 2 aromatic heterocycles. The quantitative estimate of drug-likeness (QED) is 0.409. The number of hydrogen-bond acceptors (Lipinski definition) is 1. The topological polar surface area (TPSA) is 17.0 Å². The Morgan fingerprint density at radius 3 is 2.50 bits per heavy atom. The minimum absolute atomic E-state index is 0.262. The Morgan fingerprint density at radius 1 is 0.962 bits per heavy atom. The van der Waals surface area contributed by atoms with Gasteiger partial charge >= 0.3 is 0 Å². The molecule has 0 spiro atoms. The van der Waals surface area contributed by atoms with Crippen molar-refractivity contribution in [3.05, 3.63) is 65.9 Å². The zero-order valence-electron chi connectivity index (χ0n) is 16.3. The lowest BCUT2D eigenvalue weighted by Crippen LogP contribution is -2.31. The van der Waals surface area contributed by atoms with Gasteiger partial charge < -0.3 is 4.42 Å². The molecule has 0 aliphatic heterocycles. The summed E-state index contributed by atoms with van der Waals surface area (Å²) in [7, 11) is 2.11. The standard InChI is InChI=1S/C24H26NO/c1-16-10-11-19-18-8-6-7-9-21(18)26-23(19)22(16)20-14-17(12-13-25(20)5)15-24(2,3)4/h6-14H,15H2,1-5H3/q+1. The molecule has 4 rings (SSSR count). The van der Waals surface area contributed by atoms with Crippen LogP contribution in [-0.2, 0) is 13.5 Å². The number of fused-ring (bicyclic) bond motifs is 3. The van der Waals surface area contributed by atoms with E-state index in [0.29, 0.717) is 0 Å². The number of aryl methyl sites for hydroxylation is 2. The summed E-state index contributed by atoms with van der Waals surface area (Å²) >= 11 is 0. The second kappa shape index (κ2) is 5.98. The van der Waals surface area contributed by atoms with Gasteiger partial charge in [0.2, 0.25) is 5.69 Å². The van der Waals surface area contributed by atoms with Gasteiger partial charge in [-0.1, -0.05) is 51.1 Å². The number of rotatable bonds is 2. The lowest BCUT2D eigenvalue weighted by molar-refractivity contribution is -0.660. The van der Waals surface area contributed by atoms with Crippen molar-refractivity contribution in [2.24, 2.45) is 12.5 Å². The van der Waals surface area contributed by atoms with Crippen molar-refractivity contribution in [2.75, 3.05) is 0 Å². The van der Waals surface area contributed by atoms with Crippen molar-refractivity contribution in [1.29, 1.82) is 0 Å². The number of benzene rings is 2. The summed E-state index contributed by atoms with van der Waals surface area (Å²) in [5.41, 5.74) is 7.18. The zero-order valence-corrected chi connectivity index (χ0v) is 16.3. The Labute approximate surface area is 155 Å². The first kappa shape index (κ1) is 16.8. The van der Waals surface area contributed by atoms with Gasteiger partial charge in [0.05, 0.1) is 5.56 Å². The molecule has 0 bridgehead atoms. The van der Waals surface area contributed by atoms with Crippen LogP contribution >= 0.6 is 0 Å². The van der Waals surface area contributed by atoms with Gasteiger partial charge in [-0.2, -0.15) is 0 Å². The van der Waals surface area contributed by atoms with Gasteiger partial charge in [-0.3, -0.25) is 0 Å². The Hall–Kier alpha value is -2.61. The third-order valence-corrected chi connectivity index (χ3v) is 4.96. The first-order chi connectivity index (χ1) is 12.3. The first-order valence-corrected chi connectivity index (χ1v) is 9.23. The molecular weight excluding hydrogens is 318 g/mol. The molecule has 0 fully saturated rings. The van der Waals surface area contributed by atoms with E-state index < -0.39 is 0 Å². The van der Waals surface area contributed by atoms with Crippen LogP contribution in [0.5, 0.6) is 0 Å². The average Bonchev–Trinajstić information content (AvgIpc) is 2.94. The average molecular weight is 344 g/mol. The van der Waals surface area contributed by atoms with Crippen molar-refractivity contribution < 1.29 is 8.98 Å². The fourth-order valence-corrected chi connectivity index (χ4v) is 3.79. The van der Waals surface area contributed by atoms with Crippen LogP contribution in [0, 0.1) is 12.3 Å². The minimum Gasteiger partial charge on any atom is -0.455 e. The van der Waals surface area contributed by atoms with Crippen LogP contribution in [0.25, 0.3) is 33.2 Å². The van der Waals surface area contributed by atoms with E-state index in [9.17, 15) is 0 Å². The minimum atomic E-state index is 0.262. The Kier molecular flexibility index (Phi) is 3.87. The van der Waals surface area contributed by atoms with E-state index in [2.05, 4.69) is 81.9 Å². The number of furan rings is 1. The highest BCUT2D eigenvalue weighted by Crippen LogP contribution is 2.37. The number of nitrogens with zero attached hydrogens (tertiary/aromatic N) is 1. The fraction of sp³-hybridized carbons (Fsp3) is 0.292. The molecule has 2 heterocycles. The van der Waals surface area contributed by atoms with Crippen LogP contribution in [0.4, 0.5) is 0 Å². The summed E-state index contributed by atoms with van der Waals surface area (Å²) in [4.78, 5) is 0. The molecular formula is C24H26NO+. The van der Waals surface area contributed by atoms with Crippen LogP contribution in [0.2, 0.25) is 0 Å². The maximum Gasteiger partial charge on any atom is 0.216 e.